The SMILES string of the molecule is CCOc1ccc(-c2ccc(O)c3c2C[C@@]2(N)C[C@@]4(N)[C@H](N(C)C)C(=O)C(C(N)=O)C(=O)[C@@]4(C#N)C(=O)C2C3=O)cc1CN. The van der Waals surface area contributed by atoms with Gasteiger partial charge in [0.15, 0.2) is 34.5 Å². The molecule has 0 aromatic heterocycles. The smallest absolute Gasteiger partial charge is 0.235 e. The van der Waals surface area contributed by atoms with Gasteiger partial charge in [0.1, 0.15) is 17.4 Å². The summed E-state index contributed by atoms with van der Waals surface area (Å²) in [4.78, 5) is 69.8. The maximum Gasteiger partial charge on any atom is 0.235 e. The summed E-state index contributed by atoms with van der Waals surface area (Å²) >= 11 is 0. The van der Waals surface area contributed by atoms with Crippen molar-refractivity contribution in [3.05, 3.63) is 47.0 Å². The van der Waals surface area contributed by atoms with Crippen molar-refractivity contribution < 1.29 is 33.8 Å². The van der Waals surface area contributed by atoms with Crippen LogP contribution in [0.2, 0.25) is 0 Å². The monoisotopic (exact) mass is 602 g/mol. The van der Waals surface area contributed by atoms with E-state index < -0.39 is 75.6 Å². The first-order valence-electron chi connectivity index (χ1n) is 14.1. The van der Waals surface area contributed by atoms with E-state index in [1.165, 1.54) is 25.1 Å². The molecule has 2 fully saturated rings. The van der Waals surface area contributed by atoms with Crippen molar-refractivity contribution in [2.24, 2.45) is 40.2 Å². The molecule has 44 heavy (non-hydrogen) atoms. The number of primary amides is 1. The van der Waals surface area contributed by atoms with E-state index in [0.29, 0.717) is 34.6 Å². The fraction of sp³-hybridized carbons (Fsp3) is 0.419. The first-order valence-corrected chi connectivity index (χ1v) is 14.1. The second-order valence-corrected chi connectivity index (χ2v) is 12.1. The molecule has 13 nitrogen and oxygen atoms in total. The summed E-state index contributed by atoms with van der Waals surface area (Å²) in [6.45, 7) is 2.42. The first-order chi connectivity index (χ1) is 20.6. The molecular weight excluding hydrogens is 568 g/mol. The minimum atomic E-state index is -2.80. The number of rotatable bonds is 6. The lowest BCUT2D eigenvalue weighted by Gasteiger charge is -2.60. The molecule has 0 aliphatic heterocycles. The summed E-state index contributed by atoms with van der Waals surface area (Å²) in [6.07, 6.45) is -0.672. The number of benzene rings is 2. The number of Topliss-reactive ketones (excluding diaryl/α,β-unsaturated/α-hetero) is 4. The lowest BCUT2D eigenvalue weighted by atomic mass is 9.42. The molecule has 3 aliphatic rings. The average molecular weight is 603 g/mol. The van der Waals surface area contributed by atoms with Crippen LogP contribution in [0.3, 0.4) is 0 Å². The average Bonchev–Trinajstić information content (AvgIpc) is 2.92. The highest BCUT2D eigenvalue weighted by Gasteiger charge is 2.78. The summed E-state index contributed by atoms with van der Waals surface area (Å²) in [7, 11) is 2.90. The number of phenols is 1. The standard InChI is InChI=1S/C31H34N6O7/c1-4-44-19-8-5-14(9-15(19)11-32)16-6-7-18(38)20-17(16)10-29(35)12-31(36)25(37(2)3)24(40)21(28(34)43)26(41)30(31,13-33)27(42)22(29)23(20)39/h5-9,21-22,25,38H,4,10-12,32,35-36H2,1-3H3,(H2,34,43)/t21?,22?,25-,29-,30+,31-/m1/s1. The van der Waals surface area contributed by atoms with E-state index in [0.717, 1.165) is 0 Å². The quantitative estimate of drug-likeness (QED) is 0.258. The molecule has 6 atom stereocenters. The normalized spacial score (nSPS) is 31.2. The molecule has 0 heterocycles. The van der Waals surface area contributed by atoms with Gasteiger partial charge in [-0.05, 0) is 68.8 Å². The topological polar surface area (TPSA) is 246 Å². The number of likely N-dealkylation sites (N-methyl/N-ethyl adjacent to an activating group) is 1. The Hall–Kier alpha value is -4.48. The second-order valence-electron chi connectivity index (χ2n) is 12.1. The van der Waals surface area contributed by atoms with Gasteiger partial charge in [0, 0.05) is 17.6 Å². The van der Waals surface area contributed by atoms with Crippen LogP contribution in [0.1, 0.15) is 34.8 Å². The number of amides is 1. The van der Waals surface area contributed by atoms with Crippen LogP contribution in [0.5, 0.6) is 11.5 Å². The molecule has 1 amide bonds. The Morgan fingerprint density at radius 3 is 2.39 bits per heavy atom. The third-order valence-corrected chi connectivity index (χ3v) is 9.37. The van der Waals surface area contributed by atoms with Crippen LogP contribution in [0, 0.1) is 28.6 Å². The molecule has 0 saturated heterocycles. The zero-order valence-electron chi connectivity index (χ0n) is 24.5. The van der Waals surface area contributed by atoms with E-state index in [1.54, 1.807) is 30.3 Å². The lowest BCUT2D eigenvalue weighted by molar-refractivity contribution is -0.166. The van der Waals surface area contributed by atoms with Gasteiger partial charge in [0.2, 0.25) is 5.91 Å². The van der Waals surface area contributed by atoms with Crippen LogP contribution in [0.25, 0.3) is 11.1 Å². The second kappa shape index (κ2) is 10.3. The van der Waals surface area contributed by atoms with Crippen LogP contribution in [-0.2, 0) is 32.1 Å². The summed E-state index contributed by atoms with van der Waals surface area (Å²) in [5, 5.41) is 21.4. The number of nitriles is 1. The molecule has 2 aromatic rings. The molecule has 5 rings (SSSR count). The van der Waals surface area contributed by atoms with Crippen molar-refractivity contribution in [3.63, 3.8) is 0 Å². The molecule has 2 saturated carbocycles. The van der Waals surface area contributed by atoms with Gasteiger partial charge in [0.05, 0.1) is 29.8 Å². The Labute approximate surface area is 253 Å². The first kappa shape index (κ1) is 31.0. The summed E-state index contributed by atoms with van der Waals surface area (Å²) in [6, 6.07) is 8.43. The van der Waals surface area contributed by atoms with E-state index >= 15 is 0 Å². The van der Waals surface area contributed by atoms with Crippen LogP contribution in [0.4, 0.5) is 0 Å². The maximum absolute atomic E-state index is 14.5. The minimum Gasteiger partial charge on any atom is -0.507 e. The number of nitrogens with two attached hydrogens (primary N) is 4. The molecule has 2 unspecified atom stereocenters. The van der Waals surface area contributed by atoms with Crippen molar-refractivity contribution in [2.75, 3.05) is 20.7 Å². The highest BCUT2D eigenvalue weighted by atomic mass is 16.5. The number of fused-ring (bicyclic) bond motifs is 3. The van der Waals surface area contributed by atoms with E-state index in [9.17, 15) is 34.3 Å². The predicted octanol–water partition coefficient (Wildman–Crippen LogP) is -0.667. The van der Waals surface area contributed by atoms with Crippen molar-refractivity contribution >= 4 is 29.0 Å². The van der Waals surface area contributed by atoms with Gasteiger partial charge in [-0.3, -0.25) is 28.9 Å². The van der Waals surface area contributed by atoms with Crippen LogP contribution in [0.15, 0.2) is 30.3 Å². The zero-order chi connectivity index (χ0) is 32.5. The van der Waals surface area contributed by atoms with Crippen molar-refractivity contribution in [3.8, 4) is 28.7 Å². The molecule has 9 N–H and O–H groups in total. The predicted molar refractivity (Wildman–Crippen MR) is 156 cm³/mol. The van der Waals surface area contributed by atoms with E-state index in [-0.39, 0.29) is 18.5 Å². The fourth-order valence-electron chi connectivity index (χ4n) is 7.68. The number of hydrogen-bond acceptors (Lipinski definition) is 12. The van der Waals surface area contributed by atoms with E-state index in [1.807, 2.05) is 6.92 Å². The third-order valence-electron chi connectivity index (χ3n) is 9.37. The summed E-state index contributed by atoms with van der Waals surface area (Å²) < 4.78 is 5.66. The number of carbonyl (C=O) groups is 5. The van der Waals surface area contributed by atoms with Crippen molar-refractivity contribution in [1.29, 1.82) is 5.26 Å². The minimum absolute atomic E-state index is 0.159. The molecule has 230 valence electrons. The molecule has 0 bridgehead atoms. The molecular formula is C31H34N6O7. The Morgan fingerprint density at radius 2 is 1.82 bits per heavy atom. The number of ketones is 4. The van der Waals surface area contributed by atoms with Gasteiger partial charge >= 0.3 is 0 Å². The fourth-order valence-corrected chi connectivity index (χ4v) is 7.68. The van der Waals surface area contributed by atoms with Gasteiger partial charge in [-0.15, -0.1) is 0 Å². The van der Waals surface area contributed by atoms with Crippen LogP contribution < -0.4 is 27.7 Å². The lowest BCUT2D eigenvalue weighted by Crippen LogP contribution is -2.85. The zero-order valence-corrected chi connectivity index (χ0v) is 24.5. The Morgan fingerprint density at radius 1 is 1.14 bits per heavy atom. The summed E-state index contributed by atoms with van der Waals surface area (Å²) in [5.41, 5.74) is 20.4. The van der Waals surface area contributed by atoms with Gasteiger partial charge < -0.3 is 32.8 Å². The molecule has 3 aliphatic carbocycles. The Bertz CT molecular complexity index is 1700. The molecule has 0 spiro atoms. The highest BCUT2D eigenvalue weighted by Crippen LogP contribution is 2.57. The number of phenolic OH excluding ortho intramolecular Hbond substituents is 1. The molecule has 0 radical (unpaired) electrons. The number of aromatic hydroxyl groups is 1. The Kier molecular flexibility index (Phi) is 7.26. The Balaban J connectivity index is 1.74. The number of carbonyl (C=O) groups excluding carboxylic acids is 5. The molecule has 13 heteroatoms. The van der Waals surface area contributed by atoms with E-state index in [2.05, 4.69) is 0 Å². The van der Waals surface area contributed by atoms with Crippen molar-refractivity contribution in [1.82, 2.24) is 4.90 Å². The number of ether oxygens (including phenoxy) is 1. The largest absolute Gasteiger partial charge is 0.507 e. The number of nitrogens with zero attached hydrogens (tertiary/aromatic N) is 2. The number of hydrogen-bond donors (Lipinski definition) is 5. The van der Waals surface area contributed by atoms with Gasteiger partial charge in [-0.25, -0.2) is 0 Å². The van der Waals surface area contributed by atoms with Gasteiger partial charge in [-0.1, -0.05) is 12.1 Å². The van der Waals surface area contributed by atoms with E-state index in [4.69, 9.17) is 27.7 Å². The van der Waals surface area contributed by atoms with Crippen molar-refractivity contribution in [2.45, 2.75) is 43.4 Å². The summed E-state index contributed by atoms with van der Waals surface area (Å²) in [5.74, 6) is -9.54. The van der Waals surface area contributed by atoms with Gasteiger partial charge in [0.25, 0.3) is 0 Å². The van der Waals surface area contributed by atoms with Crippen LogP contribution in [-0.4, -0.2) is 76.9 Å². The van der Waals surface area contributed by atoms with Crippen LogP contribution >= 0.6 is 0 Å². The molecule has 2 aromatic carbocycles. The maximum atomic E-state index is 14.5. The van der Waals surface area contributed by atoms with Gasteiger partial charge in [-0.2, -0.15) is 5.26 Å². The highest BCUT2D eigenvalue weighted by molar-refractivity contribution is 6.33. The third kappa shape index (κ3) is 3.88.